The molecule has 2 aromatic heterocycles. The quantitative estimate of drug-likeness (QED) is 0.800. The van der Waals surface area contributed by atoms with Crippen molar-refractivity contribution in [3.05, 3.63) is 48.7 Å². The van der Waals surface area contributed by atoms with Crippen LogP contribution >= 0.6 is 0 Å². The number of nitrogens with zero attached hydrogens (tertiary/aromatic N) is 3. The summed E-state index contributed by atoms with van der Waals surface area (Å²) >= 11 is 0. The van der Waals surface area contributed by atoms with Gasteiger partial charge in [0.2, 0.25) is 0 Å². The Hall–Kier alpha value is -2.40. The largest absolute Gasteiger partial charge is 0.361 e. The lowest BCUT2D eigenvalue weighted by Gasteiger charge is -2.34. The van der Waals surface area contributed by atoms with Gasteiger partial charge in [-0.25, -0.2) is 4.98 Å². The summed E-state index contributed by atoms with van der Waals surface area (Å²) < 4.78 is 2.01. The third-order valence-electron chi connectivity index (χ3n) is 4.91. The number of rotatable bonds is 4. The number of nitrogens with one attached hydrogen (secondary N) is 1. The Balaban J connectivity index is 1.77. The monoisotopic (exact) mass is 322 g/mol. The second-order valence-corrected chi connectivity index (χ2v) is 6.49. The molecule has 1 unspecified atom stereocenters. The zero-order valence-corrected chi connectivity index (χ0v) is 13.9. The van der Waals surface area contributed by atoms with Crippen molar-refractivity contribution in [2.24, 2.45) is 0 Å². The van der Waals surface area contributed by atoms with E-state index in [1.807, 2.05) is 10.8 Å². The second-order valence-electron chi connectivity index (χ2n) is 6.49. The standard InChI is InChI=1S/C19H22N4O/c1-2-7-22-8-5-15(24)11-19(22)17-12-21-18-4-3-14(10-16(17)18)23-9-6-20-13-23/h3-4,6,9-10,12-13,19,21H,2,5,7-8,11H2,1H3. The highest BCUT2D eigenvalue weighted by atomic mass is 16.1. The van der Waals surface area contributed by atoms with Crippen LogP contribution in [0.25, 0.3) is 16.6 Å². The number of piperidine rings is 1. The molecule has 1 aliphatic heterocycles. The highest BCUT2D eigenvalue weighted by Crippen LogP contribution is 2.34. The SMILES string of the molecule is CCCN1CCC(=O)CC1c1c[nH]c2ccc(-n3ccnc3)cc12. The minimum Gasteiger partial charge on any atom is -0.361 e. The van der Waals surface area contributed by atoms with Crippen molar-refractivity contribution in [3.8, 4) is 5.69 Å². The molecular weight excluding hydrogens is 300 g/mol. The summed E-state index contributed by atoms with van der Waals surface area (Å²) in [7, 11) is 0. The summed E-state index contributed by atoms with van der Waals surface area (Å²) in [5.41, 5.74) is 3.43. The van der Waals surface area contributed by atoms with Crippen molar-refractivity contribution in [1.29, 1.82) is 0 Å². The van der Waals surface area contributed by atoms with E-state index in [4.69, 9.17) is 0 Å². The number of ketones is 1. The molecule has 1 atom stereocenters. The summed E-state index contributed by atoms with van der Waals surface area (Å²) in [5.74, 6) is 0.368. The average Bonchev–Trinajstić information content (AvgIpc) is 3.25. The van der Waals surface area contributed by atoms with Crippen LogP contribution in [0.4, 0.5) is 0 Å². The van der Waals surface area contributed by atoms with Crippen LogP contribution in [0.1, 0.15) is 37.8 Å². The summed E-state index contributed by atoms with van der Waals surface area (Å²) in [6.45, 7) is 4.09. The number of imidazole rings is 1. The third-order valence-corrected chi connectivity index (χ3v) is 4.91. The van der Waals surface area contributed by atoms with Crippen molar-refractivity contribution < 1.29 is 4.79 Å². The van der Waals surface area contributed by atoms with Gasteiger partial charge in [-0.05, 0) is 36.7 Å². The van der Waals surface area contributed by atoms with Gasteiger partial charge in [0.25, 0.3) is 0 Å². The first kappa shape index (κ1) is 15.1. The van der Waals surface area contributed by atoms with Crippen molar-refractivity contribution in [1.82, 2.24) is 19.4 Å². The van der Waals surface area contributed by atoms with Crippen LogP contribution < -0.4 is 0 Å². The minimum absolute atomic E-state index is 0.179. The first-order chi connectivity index (χ1) is 11.8. The fourth-order valence-corrected chi connectivity index (χ4v) is 3.71. The number of benzene rings is 1. The summed E-state index contributed by atoms with van der Waals surface area (Å²) in [6.07, 6.45) is 10.0. The fraction of sp³-hybridized carbons (Fsp3) is 0.368. The number of carbonyl (C=O) groups is 1. The van der Waals surface area contributed by atoms with Crippen LogP contribution in [0, 0.1) is 0 Å². The maximum atomic E-state index is 12.1. The number of hydrogen-bond donors (Lipinski definition) is 1. The lowest BCUT2D eigenvalue weighted by atomic mass is 9.93. The van der Waals surface area contributed by atoms with E-state index in [1.54, 1.807) is 12.5 Å². The maximum absolute atomic E-state index is 12.1. The van der Waals surface area contributed by atoms with E-state index in [2.05, 4.69) is 46.2 Å². The van der Waals surface area contributed by atoms with Crippen LogP contribution in [0.3, 0.4) is 0 Å². The zero-order chi connectivity index (χ0) is 16.5. The van der Waals surface area contributed by atoms with Crippen molar-refractivity contribution in [3.63, 3.8) is 0 Å². The van der Waals surface area contributed by atoms with E-state index in [9.17, 15) is 4.79 Å². The first-order valence-electron chi connectivity index (χ1n) is 8.61. The van der Waals surface area contributed by atoms with Gasteiger partial charge in [0.1, 0.15) is 5.78 Å². The number of fused-ring (bicyclic) bond motifs is 1. The minimum atomic E-state index is 0.179. The van der Waals surface area contributed by atoms with Crippen LogP contribution in [0.15, 0.2) is 43.1 Å². The normalized spacial score (nSPS) is 19.2. The Kier molecular flexibility index (Phi) is 3.94. The highest BCUT2D eigenvalue weighted by molar-refractivity contribution is 5.87. The molecule has 5 nitrogen and oxygen atoms in total. The predicted octanol–water partition coefficient (Wildman–Crippen LogP) is 3.47. The molecule has 0 aliphatic carbocycles. The Bertz CT molecular complexity index is 850. The van der Waals surface area contributed by atoms with Crippen LogP contribution in [-0.2, 0) is 4.79 Å². The van der Waals surface area contributed by atoms with Crippen molar-refractivity contribution in [2.45, 2.75) is 32.2 Å². The number of carbonyl (C=O) groups excluding carboxylic acids is 1. The van der Waals surface area contributed by atoms with Gasteiger partial charge in [-0.15, -0.1) is 0 Å². The molecule has 1 aliphatic rings. The molecule has 5 heteroatoms. The summed E-state index contributed by atoms with van der Waals surface area (Å²) in [4.78, 5) is 22.0. The van der Waals surface area contributed by atoms with Crippen LogP contribution in [-0.4, -0.2) is 38.3 Å². The summed E-state index contributed by atoms with van der Waals surface area (Å²) in [6, 6.07) is 6.55. The molecule has 124 valence electrons. The third kappa shape index (κ3) is 2.65. The van der Waals surface area contributed by atoms with Gasteiger partial charge < -0.3 is 9.55 Å². The molecule has 4 rings (SSSR count). The fourth-order valence-electron chi connectivity index (χ4n) is 3.71. The van der Waals surface area contributed by atoms with Gasteiger partial charge in [-0.3, -0.25) is 9.69 Å². The molecule has 0 saturated carbocycles. The summed E-state index contributed by atoms with van der Waals surface area (Å²) in [5, 5.41) is 1.20. The molecule has 1 aromatic carbocycles. The highest BCUT2D eigenvalue weighted by Gasteiger charge is 2.29. The number of likely N-dealkylation sites (tertiary alicyclic amines) is 1. The smallest absolute Gasteiger partial charge is 0.136 e. The number of H-pyrrole nitrogens is 1. The molecule has 3 heterocycles. The van der Waals surface area contributed by atoms with Gasteiger partial charge in [-0.2, -0.15) is 0 Å². The molecule has 0 bridgehead atoms. The molecule has 1 fully saturated rings. The number of hydrogen-bond acceptors (Lipinski definition) is 3. The Morgan fingerprint density at radius 1 is 1.38 bits per heavy atom. The van der Waals surface area contributed by atoms with E-state index in [0.717, 1.165) is 30.7 Å². The van der Waals surface area contributed by atoms with Gasteiger partial charge in [0, 0.05) is 60.6 Å². The molecule has 0 amide bonds. The molecule has 3 aromatic rings. The van der Waals surface area contributed by atoms with E-state index in [1.165, 1.54) is 10.9 Å². The number of Topliss-reactive ketones (excluding diaryl/α,β-unsaturated/α-hetero) is 1. The Morgan fingerprint density at radius 3 is 3.08 bits per heavy atom. The molecule has 1 N–H and O–H groups in total. The Morgan fingerprint density at radius 2 is 2.29 bits per heavy atom. The van der Waals surface area contributed by atoms with Crippen LogP contribution in [0.5, 0.6) is 0 Å². The number of aromatic amines is 1. The average molecular weight is 322 g/mol. The van der Waals surface area contributed by atoms with Crippen molar-refractivity contribution >= 4 is 16.7 Å². The lowest BCUT2D eigenvalue weighted by molar-refractivity contribution is -0.123. The molecule has 24 heavy (non-hydrogen) atoms. The molecule has 1 saturated heterocycles. The zero-order valence-electron chi connectivity index (χ0n) is 13.9. The predicted molar refractivity (Wildman–Crippen MR) is 94.3 cm³/mol. The van der Waals surface area contributed by atoms with E-state index >= 15 is 0 Å². The first-order valence-corrected chi connectivity index (χ1v) is 8.61. The maximum Gasteiger partial charge on any atom is 0.136 e. The van der Waals surface area contributed by atoms with E-state index in [-0.39, 0.29) is 6.04 Å². The van der Waals surface area contributed by atoms with Crippen molar-refractivity contribution in [2.75, 3.05) is 13.1 Å². The number of aromatic nitrogens is 3. The van der Waals surface area contributed by atoms with Gasteiger partial charge in [0.15, 0.2) is 0 Å². The van der Waals surface area contributed by atoms with Crippen LogP contribution in [0.2, 0.25) is 0 Å². The molecule has 0 spiro atoms. The van der Waals surface area contributed by atoms with E-state index < -0.39 is 0 Å². The Labute approximate surface area is 141 Å². The van der Waals surface area contributed by atoms with Gasteiger partial charge >= 0.3 is 0 Å². The lowest BCUT2D eigenvalue weighted by Crippen LogP contribution is -2.37. The van der Waals surface area contributed by atoms with Gasteiger partial charge in [-0.1, -0.05) is 6.92 Å². The van der Waals surface area contributed by atoms with E-state index in [0.29, 0.717) is 18.6 Å². The molecular formula is C19H22N4O. The second kappa shape index (κ2) is 6.24. The van der Waals surface area contributed by atoms with Gasteiger partial charge in [0.05, 0.1) is 6.33 Å². The topological polar surface area (TPSA) is 53.9 Å². The molecule has 0 radical (unpaired) electrons.